The second kappa shape index (κ2) is 7.33. The lowest BCUT2D eigenvalue weighted by Crippen LogP contribution is -2.16. The normalized spacial score (nSPS) is 11.2. The maximum Gasteiger partial charge on any atom is 0.167 e. The van der Waals surface area contributed by atoms with E-state index in [1.807, 2.05) is 61.6 Å². The van der Waals surface area contributed by atoms with Crippen molar-refractivity contribution >= 4 is 0 Å². The average molecular weight is 346 g/mol. The molecule has 3 heterocycles. The van der Waals surface area contributed by atoms with Crippen LogP contribution in [0.25, 0.3) is 22.6 Å². The smallest absolute Gasteiger partial charge is 0.167 e. The Morgan fingerprint density at radius 1 is 0.885 bits per heavy atom. The zero-order valence-electron chi connectivity index (χ0n) is 14.4. The molecule has 0 saturated carbocycles. The minimum absolute atomic E-state index is 0.626. The largest absolute Gasteiger partial charge is 0.359 e. The summed E-state index contributed by atoms with van der Waals surface area (Å²) in [6, 6.07) is 17.7. The molecule has 0 atom stereocenters. The van der Waals surface area contributed by atoms with E-state index in [1.165, 1.54) is 0 Å². The fourth-order valence-corrected chi connectivity index (χ4v) is 2.76. The van der Waals surface area contributed by atoms with Crippen LogP contribution in [-0.2, 0) is 13.1 Å². The van der Waals surface area contributed by atoms with Gasteiger partial charge < -0.3 is 9.05 Å². The van der Waals surface area contributed by atoms with Crippen molar-refractivity contribution in [1.82, 2.24) is 20.2 Å². The van der Waals surface area contributed by atoms with Crippen molar-refractivity contribution in [2.45, 2.75) is 13.1 Å². The summed E-state index contributed by atoms with van der Waals surface area (Å²) in [5.74, 6) is 1.56. The van der Waals surface area contributed by atoms with Gasteiger partial charge in [-0.1, -0.05) is 40.6 Å². The fraction of sp³-hybridized carbons (Fsp3) is 0.150. The van der Waals surface area contributed by atoms with Gasteiger partial charge in [0.25, 0.3) is 0 Å². The van der Waals surface area contributed by atoms with Crippen molar-refractivity contribution in [1.29, 1.82) is 0 Å². The molecule has 0 radical (unpaired) electrons. The van der Waals surface area contributed by atoms with Gasteiger partial charge in [0.05, 0.1) is 12.2 Å². The average Bonchev–Trinajstić information content (AvgIpc) is 3.33. The Morgan fingerprint density at radius 3 is 2.54 bits per heavy atom. The minimum atomic E-state index is 0.626. The molecule has 1 aromatic carbocycles. The van der Waals surface area contributed by atoms with Crippen LogP contribution in [0, 0.1) is 0 Å². The quantitative estimate of drug-likeness (QED) is 0.525. The first-order valence-electron chi connectivity index (χ1n) is 8.33. The Hall–Kier alpha value is -3.25. The molecule has 0 amide bonds. The Kier molecular flexibility index (Phi) is 4.57. The van der Waals surface area contributed by atoms with E-state index in [0.717, 1.165) is 34.0 Å². The van der Waals surface area contributed by atoms with Gasteiger partial charge >= 0.3 is 0 Å². The van der Waals surface area contributed by atoms with Crippen LogP contribution < -0.4 is 0 Å². The van der Waals surface area contributed by atoms with E-state index in [9.17, 15) is 0 Å². The van der Waals surface area contributed by atoms with Crippen molar-refractivity contribution in [3.05, 3.63) is 78.4 Å². The maximum atomic E-state index is 5.44. The van der Waals surface area contributed by atoms with Crippen molar-refractivity contribution in [2.75, 3.05) is 7.05 Å². The second-order valence-electron chi connectivity index (χ2n) is 6.14. The lowest BCUT2D eigenvalue weighted by Gasteiger charge is -2.11. The molecule has 6 nitrogen and oxygen atoms in total. The van der Waals surface area contributed by atoms with Crippen LogP contribution in [-0.4, -0.2) is 27.2 Å². The summed E-state index contributed by atoms with van der Waals surface area (Å²) in [5, 5.41) is 8.27. The molecule has 26 heavy (non-hydrogen) atoms. The number of benzene rings is 1. The van der Waals surface area contributed by atoms with Crippen LogP contribution in [0.1, 0.15) is 11.5 Å². The molecule has 0 N–H and O–H groups in total. The second-order valence-corrected chi connectivity index (χ2v) is 6.14. The molecule has 0 aliphatic heterocycles. The Labute approximate surface area is 151 Å². The van der Waals surface area contributed by atoms with Crippen molar-refractivity contribution in [2.24, 2.45) is 0 Å². The molecule has 4 aromatic rings. The number of pyridine rings is 1. The summed E-state index contributed by atoms with van der Waals surface area (Å²) in [6.07, 6.45) is 3.51. The van der Waals surface area contributed by atoms with Crippen LogP contribution in [0.2, 0.25) is 0 Å². The predicted octanol–water partition coefficient (Wildman–Crippen LogP) is 4.02. The first-order chi connectivity index (χ1) is 12.8. The molecular weight excluding hydrogens is 328 g/mol. The van der Waals surface area contributed by atoms with E-state index in [4.69, 9.17) is 9.05 Å². The van der Waals surface area contributed by atoms with Crippen LogP contribution in [0.5, 0.6) is 0 Å². The maximum absolute atomic E-state index is 5.44. The summed E-state index contributed by atoms with van der Waals surface area (Å²) in [5.41, 5.74) is 3.62. The molecule has 6 heteroatoms. The molecule has 0 bridgehead atoms. The van der Waals surface area contributed by atoms with Crippen molar-refractivity contribution in [3.8, 4) is 22.6 Å². The number of hydrogen-bond acceptors (Lipinski definition) is 6. The van der Waals surface area contributed by atoms with Gasteiger partial charge in [0.1, 0.15) is 5.69 Å². The standard InChI is InChI=1S/C20H18N4O2/c1-24(13-17-10-20(26-22-17)15-6-3-2-4-7-15)14-18-11-19(23-25-18)16-8-5-9-21-12-16/h2-12H,13-14H2,1H3. The van der Waals surface area contributed by atoms with E-state index in [2.05, 4.69) is 20.2 Å². The molecule has 0 saturated heterocycles. The topological polar surface area (TPSA) is 68.2 Å². The predicted molar refractivity (Wildman–Crippen MR) is 96.8 cm³/mol. The highest BCUT2D eigenvalue weighted by atomic mass is 16.5. The molecule has 3 aromatic heterocycles. The summed E-state index contributed by atoms with van der Waals surface area (Å²) < 4.78 is 10.9. The van der Waals surface area contributed by atoms with Crippen LogP contribution in [0.15, 0.2) is 76.0 Å². The number of rotatable bonds is 6. The molecule has 130 valence electrons. The highest BCUT2D eigenvalue weighted by molar-refractivity contribution is 5.57. The van der Waals surface area contributed by atoms with Gasteiger partial charge in [-0.15, -0.1) is 0 Å². The molecule has 0 unspecified atom stereocenters. The third kappa shape index (κ3) is 3.70. The van der Waals surface area contributed by atoms with Crippen molar-refractivity contribution in [3.63, 3.8) is 0 Å². The van der Waals surface area contributed by atoms with Gasteiger partial charge in [0, 0.05) is 42.2 Å². The third-order valence-electron chi connectivity index (χ3n) is 3.99. The molecule has 0 fully saturated rings. The Balaban J connectivity index is 1.40. The molecule has 4 rings (SSSR count). The number of aromatic nitrogens is 3. The summed E-state index contributed by atoms with van der Waals surface area (Å²) in [6.45, 7) is 1.28. The zero-order valence-corrected chi connectivity index (χ0v) is 14.4. The van der Waals surface area contributed by atoms with Gasteiger partial charge in [-0.2, -0.15) is 0 Å². The van der Waals surface area contributed by atoms with Crippen molar-refractivity contribution < 1.29 is 9.05 Å². The van der Waals surface area contributed by atoms with Gasteiger partial charge in [-0.3, -0.25) is 9.88 Å². The SMILES string of the molecule is CN(Cc1cc(-c2ccccc2)on1)Cc1cc(-c2cccnc2)no1. The molecule has 0 aliphatic carbocycles. The Bertz CT molecular complexity index is 884. The zero-order chi connectivity index (χ0) is 17.8. The number of nitrogens with zero attached hydrogens (tertiary/aromatic N) is 4. The van der Waals surface area contributed by atoms with E-state index in [1.54, 1.807) is 12.4 Å². The molecule has 0 spiro atoms. The van der Waals surface area contributed by atoms with E-state index >= 15 is 0 Å². The number of hydrogen-bond donors (Lipinski definition) is 0. The summed E-state index contributed by atoms with van der Waals surface area (Å²) >= 11 is 0. The van der Waals surface area contributed by atoms with Gasteiger partial charge in [0.2, 0.25) is 0 Å². The lowest BCUT2D eigenvalue weighted by molar-refractivity contribution is 0.260. The fourth-order valence-electron chi connectivity index (χ4n) is 2.76. The highest BCUT2D eigenvalue weighted by Crippen LogP contribution is 2.21. The van der Waals surface area contributed by atoms with Crippen LogP contribution in [0.3, 0.4) is 0 Å². The summed E-state index contributed by atoms with van der Waals surface area (Å²) in [7, 11) is 2.00. The van der Waals surface area contributed by atoms with Crippen LogP contribution >= 0.6 is 0 Å². The van der Waals surface area contributed by atoms with Gasteiger partial charge in [-0.05, 0) is 19.2 Å². The van der Waals surface area contributed by atoms with E-state index < -0.39 is 0 Å². The molecular formula is C20H18N4O2. The van der Waals surface area contributed by atoms with E-state index in [-0.39, 0.29) is 0 Å². The monoisotopic (exact) mass is 346 g/mol. The van der Waals surface area contributed by atoms with Gasteiger partial charge in [0.15, 0.2) is 11.5 Å². The van der Waals surface area contributed by atoms with Gasteiger partial charge in [-0.25, -0.2) is 0 Å². The first kappa shape index (κ1) is 16.2. The highest BCUT2D eigenvalue weighted by Gasteiger charge is 2.12. The Morgan fingerprint density at radius 2 is 1.73 bits per heavy atom. The first-order valence-corrected chi connectivity index (χ1v) is 8.33. The third-order valence-corrected chi connectivity index (χ3v) is 3.99. The minimum Gasteiger partial charge on any atom is -0.359 e. The van der Waals surface area contributed by atoms with Crippen LogP contribution in [0.4, 0.5) is 0 Å². The lowest BCUT2D eigenvalue weighted by atomic mass is 10.1. The van der Waals surface area contributed by atoms with E-state index in [0.29, 0.717) is 13.1 Å². The molecule has 0 aliphatic rings. The summed E-state index contributed by atoms with van der Waals surface area (Å²) in [4.78, 5) is 6.20.